The van der Waals surface area contributed by atoms with Crippen LogP contribution in [0.25, 0.3) is 10.9 Å². The summed E-state index contributed by atoms with van der Waals surface area (Å²) in [6.45, 7) is 2.03. The van der Waals surface area contributed by atoms with E-state index in [1.807, 2.05) is 37.3 Å². The third-order valence-electron chi connectivity index (χ3n) is 4.23. The van der Waals surface area contributed by atoms with Gasteiger partial charge in [0.2, 0.25) is 0 Å². The van der Waals surface area contributed by atoms with E-state index in [1.54, 1.807) is 32.5 Å². The van der Waals surface area contributed by atoms with Crippen LogP contribution in [0.3, 0.4) is 0 Å². The van der Waals surface area contributed by atoms with E-state index in [1.165, 1.54) is 0 Å². The van der Waals surface area contributed by atoms with Crippen LogP contribution in [0.15, 0.2) is 48.7 Å². The Bertz CT molecular complexity index is 963. The van der Waals surface area contributed by atoms with Crippen LogP contribution < -0.4 is 19.5 Å². The molecular formula is C19H20N3O4S-. The van der Waals surface area contributed by atoms with Gasteiger partial charge >= 0.3 is 0 Å². The summed E-state index contributed by atoms with van der Waals surface area (Å²) in [6.07, 6.45) is 1.74. The number of rotatable bonds is 7. The van der Waals surface area contributed by atoms with Gasteiger partial charge in [0, 0.05) is 46.3 Å². The van der Waals surface area contributed by atoms with Crippen molar-refractivity contribution in [1.29, 1.82) is 0 Å². The predicted molar refractivity (Wildman–Crippen MR) is 106 cm³/mol. The van der Waals surface area contributed by atoms with E-state index < -0.39 is 11.3 Å². The third kappa shape index (κ3) is 4.29. The molecule has 2 N–H and O–H groups in total. The standard InChI is InChI=1S/C19H21N3O4S/c1-12(13-4-6-14(7-5-13)22-27(23)24)21-16-8-9-20-17-11-19(26-3)18(25-2)10-15(16)17/h4-12,22H,1-3H3,(H,20,21)(H,23,24)/p-1. The number of fused-ring (bicyclic) bond motifs is 1. The molecule has 2 atom stereocenters. The summed E-state index contributed by atoms with van der Waals surface area (Å²) in [4.78, 5) is 4.40. The average molecular weight is 386 g/mol. The van der Waals surface area contributed by atoms with Gasteiger partial charge in [-0.1, -0.05) is 12.1 Å². The molecule has 0 bridgehead atoms. The van der Waals surface area contributed by atoms with E-state index in [4.69, 9.17) is 9.47 Å². The first-order valence-corrected chi connectivity index (χ1v) is 9.32. The van der Waals surface area contributed by atoms with Gasteiger partial charge in [-0.05, 0) is 36.8 Å². The molecule has 7 nitrogen and oxygen atoms in total. The van der Waals surface area contributed by atoms with Crippen LogP contribution in [0, 0.1) is 0 Å². The fourth-order valence-corrected chi connectivity index (χ4v) is 3.18. The zero-order valence-electron chi connectivity index (χ0n) is 15.2. The average Bonchev–Trinajstić information content (AvgIpc) is 2.67. The van der Waals surface area contributed by atoms with E-state index in [2.05, 4.69) is 15.0 Å². The fourth-order valence-electron chi connectivity index (χ4n) is 2.85. The van der Waals surface area contributed by atoms with Gasteiger partial charge in [-0.25, -0.2) is 0 Å². The van der Waals surface area contributed by atoms with E-state index in [-0.39, 0.29) is 6.04 Å². The molecule has 2 aromatic carbocycles. The third-order valence-corrected chi connectivity index (χ3v) is 4.63. The van der Waals surface area contributed by atoms with Crippen LogP contribution in [-0.2, 0) is 11.3 Å². The highest BCUT2D eigenvalue weighted by Gasteiger charge is 2.12. The second-order valence-corrected chi connectivity index (χ2v) is 6.58. The zero-order chi connectivity index (χ0) is 19.4. The number of anilines is 2. The fraction of sp³-hybridized carbons (Fsp3) is 0.211. The largest absolute Gasteiger partial charge is 0.755 e. The summed E-state index contributed by atoms with van der Waals surface area (Å²) in [5.41, 5.74) is 3.24. The summed E-state index contributed by atoms with van der Waals surface area (Å²) in [5, 5.41) is 4.39. The molecule has 27 heavy (non-hydrogen) atoms. The lowest BCUT2D eigenvalue weighted by atomic mass is 10.1. The minimum Gasteiger partial charge on any atom is -0.755 e. The lowest BCUT2D eigenvalue weighted by Crippen LogP contribution is -2.08. The molecule has 2 unspecified atom stereocenters. The molecule has 3 aromatic rings. The van der Waals surface area contributed by atoms with Crippen LogP contribution in [0.1, 0.15) is 18.5 Å². The van der Waals surface area contributed by atoms with Gasteiger partial charge in [-0.2, -0.15) is 0 Å². The Morgan fingerprint density at radius 3 is 2.37 bits per heavy atom. The van der Waals surface area contributed by atoms with Gasteiger partial charge in [0.1, 0.15) is 0 Å². The van der Waals surface area contributed by atoms with Crippen molar-refractivity contribution in [2.24, 2.45) is 0 Å². The molecule has 0 aliphatic rings. The van der Waals surface area contributed by atoms with Crippen molar-refractivity contribution < 1.29 is 18.2 Å². The SMILES string of the molecule is COc1cc2nccc(NC(C)c3ccc(NS(=O)[O-])cc3)c2cc1OC. The maximum atomic E-state index is 10.7. The van der Waals surface area contributed by atoms with Crippen LogP contribution in [0.4, 0.5) is 11.4 Å². The second kappa shape index (κ2) is 8.24. The van der Waals surface area contributed by atoms with E-state index in [9.17, 15) is 8.76 Å². The van der Waals surface area contributed by atoms with Crippen molar-refractivity contribution in [2.45, 2.75) is 13.0 Å². The van der Waals surface area contributed by atoms with Crippen molar-refractivity contribution in [2.75, 3.05) is 24.3 Å². The second-order valence-electron chi connectivity index (χ2n) is 5.91. The Morgan fingerprint density at radius 2 is 1.74 bits per heavy atom. The van der Waals surface area contributed by atoms with Crippen molar-refractivity contribution in [3.63, 3.8) is 0 Å². The molecule has 0 saturated heterocycles. The highest BCUT2D eigenvalue weighted by Crippen LogP contribution is 2.35. The Balaban J connectivity index is 1.88. The summed E-state index contributed by atoms with van der Waals surface area (Å²) in [7, 11) is 3.19. The smallest absolute Gasteiger partial charge is 0.162 e. The van der Waals surface area contributed by atoms with E-state index in [0.29, 0.717) is 17.2 Å². The molecule has 1 heterocycles. The van der Waals surface area contributed by atoms with Crippen molar-refractivity contribution in [3.8, 4) is 11.5 Å². The Labute approximate surface area is 160 Å². The van der Waals surface area contributed by atoms with E-state index >= 15 is 0 Å². The number of methoxy groups -OCH3 is 2. The van der Waals surface area contributed by atoms with Gasteiger partial charge in [0.25, 0.3) is 0 Å². The topological polar surface area (TPSA) is 95.5 Å². The van der Waals surface area contributed by atoms with E-state index in [0.717, 1.165) is 22.2 Å². The Hall–Kier alpha value is -2.84. The van der Waals surface area contributed by atoms with Gasteiger partial charge in [-0.3, -0.25) is 9.19 Å². The molecule has 0 spiro atoms. The number of hydrogen-bond donors (Lipinski definition) is 2. The molecule has 0 radical (unpaired) electrons. The number of aromatic nitrogens is 1. The van der Waals surface area contributed by atoms with Crippen molar-refractivity contribution in [3.05, 3.63) is 54.2 Å². The van der Waals surface area contributed by atoms with Crippen LogP contribution in [-0.4, -0.2) is 28.0 Å². The molecule has 0 saturated carbocycles. The summed E-state index contributed by atoms with van der Waals surface area (Å²) in [5.74, 6) is 1.26. The number of nitrogens with zero attached hydrogens (tertiary/aromatic N) is 1. The van der Waals surface area contributed by atoms with Gasteiger partial charge in [0.05, 0.1) is 19.7 Å². The van der Waals surface area contributed by atoms with Crippen molar-refractivity contribution in [1.82, 2.24) is 4.98 Å². The summed E-state index contributed by atoms with van der Waals surface area (Å²) in [6, 6.07) is 12.8. The highest BCUT2D eigenvalue weighted by molar-refractivity contribution is 7.80. The first-order valence-electron chi connectivity index (χ1n) is 8.25. The molecule has 8 heteroatoms. The predicted octanol–water partition coefficient (Wildman–Crippen LogP) is 3.63. The first kappa shape index (κ1) is 18.9. The molecule has 0 aliphatic carbocycles. The Kier molecular flexibility index (Phi) is 5.78. The minimum atomic E-state index is -2.33. The van der Waals surface area contributed by atoms with Gasteiger partial charge in [-0.15, -0.1) is 0 Å². The lowest BCUT2D eigenvalue weighted by Gasteiger charge is -2.18. The van der Waals surface area contributed by atoms with Crippen molar-refractivity contribution >= 4 is 33.5 Å². The summed E-state index contributed by atoms with van der Waals surface area (Å²) >= 11 is -2.33. The zero-order valence-corrected chi connectivity index (χ0v) is 16.0. The number of benzene rings is 2. The molecule has 0 fully saturated rings. The maximum absolute atomic E-state index is 10.7. The number of nitrogens with one attached hydrogen (secondary N) is 2. The first-order chi connectivity index (χ1) is 13.0. The Morgan fingerprint density at radius 1 is 1.07 bits per heavy atom. The van der Waals surface area contributed by atoms with Crippen LogP contribution in [0.2, 0.25) is 0 Å². The molecule has 1 aromatic heterocycles. The van der Waals surface area contributed by atoms with Crippen LogP contribution in [0.5, 0.6) is 11.5 Å². The molecule has 0 amide bonds. The number of pyridine rings is 1. The quantitative estimate of drug-likeness (QED) is 0.602. The van der Waals surface area contributed by atoms with Gasteiger partial charge < -0.3 is 24.1 Å². The maximum Gasteiger partial charge on any atom is 0.162 e. The molecular weight excluding hydrogens is 366 g/mol. The molecule has 3 rings (SSSR count). The summed E-state index contributed by atoms with van der Waals surface area (Å²) < 4.78 is 34.5. The monoisotopic (exact) mass is 386 g/mol. The molecule has 142 valence electrons. The number of ether oxygens (including phenoxy) is 2. The molecule has 0 aliphatic heterocycles. The normalized spacial score (nSPS) is 13.0. The highest BCUT2D eigenvalue weighted by atomic mass is 32.2. The number of hydrogen-bond acceptors (Lipinski definition) is 6. The lowest BCUT2D eigenvalue weighted by molar-refractivity contribution is 0.356. The van der Waals surface area contributed by atoms with Gasteiger partial charge in [0.15, 0.2) is 11.5 Å². The van der Waals surface area contributed by atoms with Crippen LogP contribution >= 0.6 is 0 Å². The minimum absolute atomic E-state index is 0.00417.